The number of benzene rings is 2. The molecule has 7 heteroatoms. The molecule has 0 aliphatic carbocycles. The molecule has 0 saturated carbocycles. The minimum atomic E-state index is -0.577. The molecule has 0 spiro atoms. The first-order valence-corrected chi connectivity index (χ1v) is 9.96. The van der Waals surface area contributed by atoms with Gasteiger partial charge in [-0.25, -0.2) is 9.18 Å². The molecule has 152 valence electrons. The standard InChI is InChI=1S/C22H23FN2O3S/c1-22(2,3)28-21(26)15-6-5-7-16(10-15)25-20(19-12-24-13-29-19)14-8-9-18(27-4)17(23)11-14/h5-13,20,25H,1-4H3. The Balaban J connectivity index is 1.91. The molecule has 0 aliphatic heterocycles. The van der Waals surface area contributed by atoms with Gasteiger partial charge in [-0.05, 0) is 56.7 Å². The third-order valence-electron chi connectivity index (χ3n) is 4.05. The maximum atomic E-state index is 14.3. The van der Waals surface area contributed by atoms with Crippen molar-refractivity contribution in [3.63, 3.8) is 0 Å². The van der Waals surface area contributed by atoms with E-state index < -0.39 is 17.4 Å². The average molecular weight is 415 g/mol. The van der Waals surface area contributed by atoms with Gasteiger partial charge in [0.1, 0.15) is 5.60 Å². The number of nitrogens with one attached hydrogen (secondary N) is 1. The molecule has 0 fully saturated rings. The lowest BCUT2D eigenvalue weighted by atomic mass is 10.0. The van der Waals surface area contributed by atoms with E-state index in [1.807, 2.05) is 26.8 Å². The quantitative estimate of drug-likeness (QED) is 0.544. The van der Waals surface area contributed by atoms with E-state index in [1.165, 1.54) is 24.5 Å². The van der Waals surface area contributed by atoms with Crippen LogP contribution in [-0.2, 0) is 4.74 Å². The SMILES string of the molecule is COc1ccc(C(Nc2cccc(C(=O)OC(C)(C)C)c2)c2cncs2)cc1F. The lowest BCUT2D eigenvalue weighted by molar-refractivity contribution is 0.00695. The van der Waals surface area contributed by atoms with Crippen LogP contribution in [0, 0.1) is 5.82 Å². The number of hydrogen-bond acceptors (Lipinski definition) is 6. The molecular weight excluding hydrogens is 391 g/mol. The summed E-state index contributed by atoms with van der Waals surface area (Å²) in [5.41, 5.74) is 3.01. The normalized spacial score (nSPS) is 12.3. The molecule has 3 rings (SSSR count). The largest absolute Gasteiger partial charge is 0.494 e. The topological polar surface area (TPSA) is 60.5 Å². The number of carbonyl (C=O) groups is 1. The van der Waals surface area contributed by atoms with Gasteiger partial charge in [0.15, 0.2) is 11.6 Å². The fourth-order valence-corrected chi connectivity index (χ4v) is 3.48. The Bertz CT molecular complexity index is 984. The second kappa shape index (κ2) is 8.61. The van der Waals surface area contributed by atoms with Crippen molar-refractivity contribution in [2.45, 2.75) is 32.4 Å². The van der Waals surface area contributed by atoms with Crippen LogP contribution in [0.1, 0.15) is 47.6 Å². The van der Waals surface area contributed by atoms with Crippen molar-refractivity contribution >= 4 is 23.0 Å². The fourth-order valence-electron chi connectivity index (χ4n) is 2.79. The van der Waals surface area contributed by atoms with E-state index in [1.54, 1.807) is 42.0 Å². The lowest BCUT2D eigenvalue weighted by Crippen LogP contribution is -2.24. The van der Waals surface area contributed by atoms with Crippen LogP contribution in [0.25, 0.3) is 0 Å². The van der Waals surface area contributed by atoms with Crippen LogP contribution in [0.4, 0.5) is 10.1 Å². The first kappa shape index (κ1) is 20.8. The molecule has 1 aromatic heterocycles. The third-order valence-corrected chi connectivity index (χ3v) is 4.89. The molecule has 5 nitrogen and oxygen atoms in total. The summed E-state index contributed by atoms with van der Waals surface area (Å²) >= 11 is 1.46. The Morgan fingerprint density at radius 3 is 2.62 bits per heavy atom. The molecular formula is C22H23FN2O3S. The summed E-state index contributed by atoms with van der Waals surface area (Å²) in [4.78, 5) is 17.4. The van der Waals surface area contributed by atoms with E-state index in [4.69, 9.17) is 9.47 Å². The van der Waals surface area contributed by atoms with E-state index in [0.29, 0.717) is 11.3 Å². The highest BCUT2D eigenvalue weighted by Gasteiger charge is 2.20. The number of carbonyl (C=O) groups excluding carboxylic acids is 1. The van der Waals surface area contributed by atoms with Gasteiger partial charge < -0.3 is 14.8 Å². The van der Waals surface area contributed by atoms with E-state index in [2.05, 4.69) is 10.3 Å². The molecule has 2 aromatic carbocycles. The van der Waals surface area contributed by atoms with Crippen LogP contribution in [0.3, 0.4) is 0 Å². The molecule has 1 N–H and O–H groups in total. The van der Waals surface area contributed by atoms with Gasteiger partial charge in [0.05, 0.1) is 29.1 Å². The summed E-state index contributed by atoms with van der Waals surface area (Å²) in [6, 6.07) is 11.6. The number of ether oxygens (including phenoxy) is 2. The number of hydrogen-bond donors (Lipinski definition) is 1. The summed E-state index contributed by atoms with van der Waals surface area (Å²) in [5.74, 6) is -0.654. The zero-order chi connectivity index (χ0) is 21.0. The molecule has 1 unspecified atom stereocenters. The first-order chi connectivity index (χ1) is 13.8. The maximum Gasteiger partial charge on any atom is 0.338 e. The van der Waals surface area contributed by atoms with Crippen LogP contribution < -0.4 is 10.1 Å². The molecule has 1 heterocycles. The van der Waals surface area contributed by atoms with Gasteiger partial charge in [-0.2, -0.15) is 0 Å². The van der Waals surface area contributed by atoms with Crippen LogP contribution in [0.15, 0.2) is 54.2 Å². The van der Waals surface area contributed by atoms with Crippen LogP contribution in [0.2, 0.25) is 0 Å². The first-order valence-electron chi connectivity index (χ1n) is 9.08. The Hall–Kier alpha value is -2.93. The van der Waals surface area contributed by atoms with E-state index >= 15 is 0 Å². The highest BCUT2D eigenvalue weighted by atomic mass is 32.1. The van der Waals surface area contributed by atoms with Crippen molar-refractivity contribution in [1.29, 1.82) is 0 Å². The molecule has 29 heavy (non-hydrogen) atoms. The number of nitrogens with zero attached hydrogens (tertiary/aromatic N) is 1. The molecule has 0 amide bonds. The van der Waals surface area contributed by atoms with Gasteiger partial charge in [-0.1, -0.05) is 12.1 Å². The van der Waals surface area contributed by atoms with Crippen molar-refractivity contribution in [3.05, 3.63) is 76.0 Å². The maximum absolute atomic E-state index is 14.3. The van der Waals surface area contributed by atoms with Gasteiger partial charge in [-0.3, -0.25) is 4.98 Å². The Labute approximate surface area is 173 Å². The summed E-state index contributed by atoms with van der Waals surface area (Å²) in [6.45, 7) is 5.47. The Morgan fingerprint density at radius 2 is 2.00 bits per heavy atom. The molecule has 1 atom stereocenters. The second-order valence-corrected chi connectivity index (χ2v) is 8.38. The highest BCUT2D eigenvalue weighted by molar-refractivity contribution is 7.09. The number of anilines is 1. The average Bonchev–Trinajstić information content (AvgIpc) is 3.19. The molecule has 0 radical (unpaired) electrons. The summed E-state index contributed by atoms with van der Waals surface area (Å²) < 4.78 is 24.8. The van der Waals surface area contributed by atoms with Gasteiger partial charge in [0.25, 0.3) is 0 Å². The monoisotopic (exact) mass is 414 g/mol. The summed E-state index contributed by atoms with van der Waals surface area (Å²) in [6.07, 6.45) is 1.74. The van der Waals surface area contributed by atoms with Crippen LogP contribution >= 0.6 is 11.3 Å². The minimum Gasteiger partial charge on any atom is -0.494 e. The predicted octanol–water partition coefficient (Wildman–Crippen LogP) is 5.45. The van der Waals surface area contributed by atoms with Crippen molar-refractivity contribution in [2.24, 2.45) is 0 Å². The predicted molar refractivity (Wildman–Crippen MR) is 112 cm³/mol. The molecule has 3 aromatic rings. The fraction of sp³-hybridized carbons (Fsp3) is 0.273. The molecule has 0 aliphatic rings. The van der Waals surface area contributed by atoms with Gasteiger partial charge in [-0.15, -0.1) is 11.3 Å². The van der Waals surface area contributed by atoms with Gasteiger partial charge in [0, 0.05) is 11.9 Å². The Kier molecular flexibility index (Phi) is 6.17. The summed E-state index contributed by atoms with van der Waals surface area (Å²) in [7, 11) is 1.43. The van der Waals surface area contributed by atoms with Crippen molar-refractivity contribution in [3.8, 4) is 5.75 Å². The van der Waals surface area contributed by atoms with Crippen molar-refractivity contribution in [2.75, 3.05) is 12.4 Å². The Morgan fingerprint density at radius 1 is 1.21 bits per heavy atom. The zero-order valence-electron chi connectivity index (χ0n) is 16.7. The lowest BCUT2D eigenvalue weighted by Gasteiger charge is -2.21. The second-order valence-electron chi connectivity index (χ2n) is 7.46. The number of thiazole rings is 1. The molecule has 0 saturated heterocycles. The number of rotatable bonds is 6. The van der Waals surface area contributed by atoms with Crippen molar-refractivity contribution in [1.82, 2.24) is 4.98 Å². The van der Waals surface area contributed by atoms with E-state index in [9.17, 15) is 9.18 Å². The summed E-state index contributed by atoms with van der Waals surface area (Å²) in [5, 5.41) is 3.38. The van der Waals surface area contributed by atoms with E-state index in [0.717, 1.165) is 10.4 Å². The number of esters is 1. The smallest absolute Gasteiger partial charge is 0.338 e. The number of methoxy groups -OCH3 is 1. The molecule has 0 bridgehead atoms. The number of halogens is 1. The zero-order valence-corrected chi connectivity index (χ0v) is 17.5. The van der Waals surface area contributed by atoms with Crippen molar-refractivity contribution < 1.29 is 18.7 Å². The van der Waals surface area contributed by atoms with Gasteiger partial charge in [0.2, 0.25) is 0 Å². The van der Waals surface area contributed by atoms with Gasteiger partial charge >= 0.3 is 5.97 Å². The third kappa shape index (κ3) is 5.32. The number of aromatic nitrogens is 1. The van der Waals surface area contributed by atoms with E-state index in [-0.39, 0.29) is 11.8 Å². The minimum absolute atomic E-state index is 0.184. The van der Waals surface area contributed by atoms with Crippen LogP contribution in [0.5, 0.6) is 5.75 Å². The van der Waals surface area contributed by atoms with Crippen LogP contribution in [-0.4, -0.2) is 23.7 Å². The highest BCUT2D eigenvalue weighted by Crippen LogP contribution is 2.31.